The van der Waals surface area contributed by atoms with Gasteiger partial charge in [0.1, 0.15) is 0 Å². The quantitative estimate of drug-likeness (QED) is 0.773. The fraction of sp³-hybridized carbons (Fsp3) is 0.500. The number of thioether (sulfide) groups is 1. The van der Waals surface area contributed by atoms with Crippen LogP contribution < -0.4 is 0 Å². The van der Waals surface area contributed by atoms with Crippen LogP contribution in [-0.4, -0.2) is 41.2 Å². The predicted octanol–water partition coefficient (Wildman–Crippen LogP) is 4.43. The topological polar surface area (TPSA) is 57.6 Å². The molecule has 1 saturated heterocycles. The Morgan fingerprint density at radius 3 is 2.74 bits per heavy atom. The van der Waals surface area contributed by atoms with Gasteiger partial charge < -0.3 is 10.0 Å². The summed E-state index contributed by atoms with van der Waals surface area (Å²) in [4.78, 5) is 26.1. The lowest BCUT2D eigenvalue weighted by molar-refractivity contribution is -0.137. The predicted molar refractivity (Wildman–Crippen MR) is 93.7 cm³/mol. The average Bonchev–Trinajstić information content (AvgIpc) is 2.53. The SMILES string of the molecule is CSc1cc(C(=O)N2CCCC(CCC(=O)O)C2)c(Cl)cc1Cl. The van der Waals surface area contributed by atoms with Crippen molar-refractivity contribution in [3.05, 3.63) is 27.7 Å². The van der Waals surface area contributed by atoms with Gasteiger partial charge in [-0.1, -0.05) is 23.2 Å². The zero-order chi connectivity index (χ0) is 17.0. The number of aliphatic carboxylic acids is 1. The Hall–Kier alpha value is -0.910. The van der Waals surface area contributed by atoms with Crippen molar-refractivity contribution in [1.29, 1.82) is 0 Å². The second-order valence-electron chi connectivity index (χ2n) is 5.66. The van der Waals surface area contributed by atoms with Crippen LogP contribution in [0.1, 0.15) is 36.0 Å². The molecule has 4 nitrogen and oxygen atoms in total. The normalized spacial score (nSPS) is 18.0. The van der Waals surface area contributed by atoms with Crippen LogP contribution in [-0.2, 0) is 4.79 Å². The standard InChI is InChI=1S/C16H19Cl2NO3S/c1-23-14-7-11(12(17)8-13(14)18)16(22)19-6-2-3-10(9-19)4-5-15(20)21/h7-8,10H,2-6,9H2,1H3,(H,20,21). The molecule has 1 N–H and O–H groups in total. The molecule has 7 heteroatoms. The Morgan fingerprint density at radius 1 is 1.35 bits per heavy atom. The highest BCUT2D eigenvalue weighted by Gasteiger charge is 2.26. The summed E-state index contributed by atoms with van der Waals surface area (Å²) >= 11 is 13.8. The van der Waals surface area contributed by atoms with E-state index in [1.807, 2.05) is 6.26 Å². The van der Waals surface area contributed by atoms with Crippen molar-refractivity contribution >= 4 is 46.8 Å². The molecule has 1 unspecified atom stereocenters. The summed E-state index contributed by atoms with van der Waals surface area (Å²) in [6, 6.07) is 3.34. The van der Waals surface area contributed by atoms with Gasteiger partial charge in [-0.15, -0.1) is 11.8 Å². The molecule has 23 heavy (non-hydrogen) atoms. The lowest BCUT2D eigenvalue weighted by Gasteiger charge is -2.33. The van der Waals surface area contributed by atoms with E-state index in [9.17, 15) is 9.59 Å². The first-order valence-electron chi connectivity index (χ1n) is 7.46. The number of rotatable bonds is 5. The monoisotopic (exact) mass is 375 g/mol. The third-order valence-electron chi connectivity index (χ3n) is 4.04. The molecule has 0 bridgehead atoms. The maximum atomic E-state index is 12.8. The van der Waals surface area contributed by atoms with Crippen LogP contribution in [0.2, 0.25) is 10.0 Å². The molecule has 0 radical (unpaired) electrons. The summed E-state index contributed by atoms with van der Waals surface area (Å²) in [5.74, 6) is -0.671. The molecule has 0 saturated carbocycles. The lowest BCUT2D eigenvalue weighted by atomic mass is 9.93. The van der Waals surface area contributed by atoms with Gasteiger partial charge >= 0.3 is 5.97 Å². The minimum Gasteiger partial charge on any atom is -0.481 e. The van der Waals surface area contributed by atoms with Crippen molar-refractivity contribution in [1.82, 2.24) is 4.90 Å². The molecule has 1 amide bonds. The number of benzene rings is 1. The highest BCUT2D eigenvalue weighted by atomic mass is 35.5. The van der Waals surface area contributed by atoms with E-state index >= 15 is 0 Å². The van der Waals surface area contributed by atoms with Gasteiger partial charge in [0.2, 0.25) is 0 Å². The summed E-state index contributed by atoms with van der Waals surface area (Å²) in [7, 11) is 0. The van der Waals surface area contributed by atoms with Crippen LogP contribution in [0.4, 0.5) is 0 Å². The molecule has 1 atom stereocenters. The van der Waals surface area contributed by atoms with Crippen molar-refractivity contribution in [3.63, 3.8) is 0 Å². The summed E-state index contributed by atoms with van der Waals surface area (Å²) < 4.78 is 0. The Morgan fingerprint density at radius 2 is 2.09 bits per heavy atom. The van der Waals surface area contributed by atoms with Crippen LogP contribution in [0.5, 0.6) is 0 Å². The van der Waals surface area contributed by atoms with Gasteiger partial charge in [-0.2, -0.15) is 0 Å². The number of nitrogens with zero attached hydrogens (tertiary/aromatic N) is 1. The van der Waals surface area contributed by atoms with Gasteiger partial charge in [-0.3, -0.25) is 9.59 Å². The van der Waals surface area contributed by atoms with Gasteiger partial charge in [0.15, 0.2) is 0 Å². The molecular formula is C16H19Cl2NO3S. The first-order chi connectivity index (χ1) is 10.9. The van der Waals surface area contributed by atoms with Crippen molar-refractivity contribution in [2.75, 3.05) is 19.3 Å². The molecule has 0 aliphatic carbocycles. The number of piperidine rings is 1. The Balaban J connectivity index is 2.12. The fourth-order valence-corrected chi connectivity index (χ4v) is 4.02. The summed E-state index contributed by atoms with van der Waals surface area (Å²) in [5, 5.41) is 9.70. The van der Waals surface area contributed by atoms with E-state index in [1.54, 1.807) is 17.0 Å². The lowest BCUT2D eigenvalue weighted by Crippen LogP contribution is -2.40. The fourth-order valence-electron chi connectivity index (χ4n) is 2.83. The highest BCUT2D eigenvalue weighted by molar-refractivity contribution is 7.98. The van der Waals surface area contributed by atoms with Gasteiger partial charge in [-0.05, 0) is 43.6 Å². The Bertz CT molecular complexity index is 609. The molecule has 1 aliphatic heterocycles. The highest BCUT2D eigenvalue weighted by Crippen LogP contribution is 2.32. The van der Waals surface area contributed by atoms with Crippen molar-refractivity contribution in [2.24, 2.45) is 5.92 Å². The van der Waals surface area contributed by atoms with Crippen LogP contribution in [0, 0.1) is 5.92 Å². The molecule has 0 aromatic heterocycles. The van der Waals surface area contributed by atoms with E-state index < -0.39 is 5.97 Å². The number of hydrogen-bond acceptors (Lipinski definition) is 3. The zero-order valence-corrected chi connectivity index (χ0v) is 15.2. The molecule has 1 heterocycles. The van der Waals surface area contributed by atoms with Crippen LogP contribution in [0.3, 0.4) is 0 Å². The van der Waals surface area contributed by atoms with Gasteiger partial charge in [0.25, 0.3) is 5.91 Å². The molecule has 1 fully saturated rings. The number of carbonyl (C=O) groups excluding carboxylic acids is 1. The summed E-state index contributed by atoms with van der Waals surface area (Å²) in [6.07, 6.45) is 4.48. The number of carbonyl (C=O) groups is 2. The van der Waals surface area contributed by atoms with E-state index in [1.165, 1.54) is 11.8 Å². The number of carboxylic acid groups (broad SMARTS) is 1. The Kier molecular flexibility index (Phi) is 6.62. The van der Waals surface area contributed by atoms with E-state index in [0.29, 0.717) is 35.1 Å². The average molecular weight is 376 g/mol. The summed E-state index contributed by atoms with van der Waals surface area (Å²) in [6.45, 7) is 1.26. The van der Waals surface area contributed by atoms with Crippen molar-refractivity contribution in [2.45, 2.75) is 30.6 Å². The van der Waals surface area contributed by atoms with Crippen LogP contribution >= 0.6 is 35.0 Å². The molecular weight excluding hydrogens is 357 g/mol. The van der Waals surface area contributed by atoms with E-state index in [-0.39, 0.29) is 18.2 Å². The number of hydrogen-bond donors (Lipinski definition) is 1. The number of likely N-dealkylation sites (tertiary alicyclic amines) is 1. The second kappa shape index (κ2) is 8.27. The number of halogens is 2. The maximum Gasteiger partial charge on any atom is 0.303 e. The maximum absolute atomic E-state index is 12.8. The molecule has 0 spiro atoms. The third kappa shape index (κ3) is 4.78. The number of amides is 1. The second-order valence-corrected chi connectivity index (χ2v) is 7.32. The van der Waals surface area contributed by atoms with Gasteiger partial charge in [0.05, 0.1) is 15.6 Å². The molecule has 1 aromatic rings. The van der Waals surface area contributed by atoms with Crippen molar-refractivity contribution in [3.8, 4) is 0 Å². The van der Waals surface area contributed by atoms with Crippen LogP contribution in [0.25, 0.3) is 0 Å². The number of carboxylic acids is 1. The summed E-state index contributed by atoms with van der Waals surface area (Å²) in [5.41, 5.74) is 0.458. The Labute approximate surface area is 150 Å². The first kappa shape index (κ1) is 18.4. The molecule has 1 aliphatic rings. The van der Waals surface area contributed by atoms with E-state index in [0.717, 1.165) is 17.7 Å². The molecule has 1 aromatic carbocycles. The largest absolute Gasteiger partial charge is 0.481 e. The third-order valence-corrected chi connectivity index (χ3v) is 5.56. The zero-order valence-electron chi connectivity index (χ0n) is 12.8. The van der Waals surface area contributed by atoms with Crippen LogP contribution in [0.15, 0.2) is 17.0 Å². The minimum atomic E-state index is -0.793. The van der Waals surface area contributed by atoms with Crippen molar-refractivity contribution < 1.29 is 14.7 Å². The molecule has 126 valence electrons. The smallest absolute Gasteiger partial charge is 0.303 e. The minimum absolute atomic E-state index is 0.109. The first-order valence-corrected chi connectivity index (χ1v) is 9.44. The van der Waals surface area contributed by atoms with E-state index in [4.69, 9.17) is 28.3 Å². The van der Waals surface area contributed by atoms with E-state index in [2.05, 4.69) is 0 Å². The van der Waals surface area contributed by atoms with Gasteiger partial charge in [-0.25, -0.2) is 0 Å². The molecule has 2 rings (SSSR count). The van der Waals surface area contributed by atoms with Gasteiger partial charge in [0, 0.05) is 24.4 Å².